The van der Waals surface area contributed by atoms with Gasteiger partial charge in [-0.25, -0.2) is 5.43 Å². The third-order valence-corrected chi connectivity index (χ3v) is 4.94. The molecule has 4 nitrogen and oxygen atoms in total. The van der Waals surface area contributed by atoms with Gasteiger partial charge in [-0.2, -0.15) is 0 Å². The molecule has 4 heteroatoms. The van der Waals surface area contributed by atoms with Crippen molar-refractivity contribution in [2.45, 2.75) is 18.4 Å². The number of carbonyl (C=O) groups excluding carboxylic acids is 1. The van der Waals surface area contributed by atoms with Crippen molar-refractivity contribution in [1.29, 1.82) is 0 Å². The summed E-state index contributed by atoms with van der Waals surface area (Å²) in [5.41, 5.74) is 8.47. The maximum atomic E-state index is 12.7. The van der Waals surface area contributed by atoms with Gasteiger partial charge in [0, 0.05) is 5.56 Å². The van der Waals surface area contributed by atoms with E-state index in [9.17, 15) is 4.79 Å². The Kier molecular flexibility index (Phi) is 6.82. The number of methoxy groups -OCH3 is 1. The van der Waals surface area contributed by atoms with Crippen molar-refractivity contribution in [3.8, 4) is 5.75 Å². The van der Waals surface area contributed by atoms with Gasteiger partial charge in [-0.05, 0) is 48.2 Å². The molecule has 0 aliphatic rings. The van der Waals surface area contributed by atoms with Crippen LogP contribution in [-0.4, -0.2) is 13.0 Å². The van der Waals surface area contributed by atoms with Crippen LogP contribution in [-0.2, 0) is 12.0 Å². The van der Waals surface area contributed by atoms with Crippen LogP contribution < -0.4 is 15.6 Å². The third kappa shape index (κ3) is 5.12. The van der Waals surface area contributed by atoms with Gasteiger partial charge in [0.15, 0.2) is 0 Å². The lowest BCUT2D eigenvalue weighted by Gasteiger charge is -2.35. The smallest absolute Gasteiger partial charge is 0.265 e. The number of amides is 1. The van der Waals surface area contributed by atoms with Crippen LogP contribution in [0, 0.1) is 0 Å². The largest absolute Gasteiger partial charge is 0.497 e. The number of hydrogen-bond donors (Lipinski definition) is 2. The normalized spacial score (nSPS) is 12.6. The number of nitrogens with one attached hydrogen (secondary N) is 2. The van der Waals surface area contributed by atoms with E-state index in [1.165, 1.54) is 0 Å². The second kappa shape index (κ2) is 9.71. The van der Waals surface area contributed by atoms with Crippen molar-refractivity contribution < 1.29 is 9.53 Å². The molecule has 0 unspecified atom stereocenters. The van der Waals surface area contributed by atoms with E-state index in [1.54, 1.807) is 19.2 Å². The van der Waals surface area contributed by atoms with Gasteiger partial charge < -0.3 is 4.74 Å². The summed E-state index contributed by atoms with van der Waals surface area (Å²) in [6.45, 7) is 3.95. The molecule has 0 heterocycles. The first-order valence-corrected chi connectivity index (χ1v) is 9.59. The van der Waals surface area contributed by atoms with Crippen molar-refractivity contribution in [3.05, 3.63) is 114 Å². The summed E-state index contributed by atoms with van der Waals surface area (Å²) in [7, 11) is 1.65. The monoisotopic (exact) mass is 386 g/mol. The van der Waals surface area contributed by atoms with Crippen molar-refractivity contribution in [2.75, 3.05) is 7.11 Å². The summed E-state index contributed by atoms with van der Waals surface area (Å²) in [6, 6.07) is 27.3. The molecular formula is C25H26N2O2. The highest BCUT2D eigenvalue weighted by molar-refractivity contribution is 5.93. The summed E-state index contributed by atoms with van der Waals surface area (Å²) < 4.78 is 5.31. The summed E-state index contributed by atoms with van der Waals surface area (Å²) >= 11 is 0. The molecule has 0 aromatic heterocycles. The Hall–Kier alpha value is -3.37. The Morgan fingerprint density at radius 3 is 2.17 bits per heavy atom. The first-order valence-electron chi connectivity index (χ1n) is 9.59. The fraction of sp³-hybridized carbons (Fsp3) is 0.160. The number of rotatable bonds is 9. The predicted octanol–water partition coefficient (Wildman–Crippen LogP) is 4.64. The van der Waals surface area contributed by atoms with Gasteiger partial charge in [-0.3, -0.25) is 10.2 Å². The number of carbonyl (C=O) groups is 1. The molecular weight excluding hydrogens is 360 g/mol. The molecule has 3 rings (SSSR count). The maximum absolute atomic E-state index is 12.7. The summed E-state index contributed by atoms with van der Waals surface area (Å²) in [4.78, 5) is 12.7. The summed E-state index contributed by atoms with van der Waals surface area (Å²) in [5, 5.41) is 0. The van der Waals surface area contributed by atoms with E-state index >= 15 is 0 Å². The molecule has 0 aliphatic heterocycles. The van der Waals surface area contributed by atoms with E-state index in [-0.39, 0.29) is 5.91 Å². The molecule has 2 N–H and O–H groups in total. The van der Waals surface area contributed by atoms with Crippen LogP contribution in [0.3, 0.4) is 0 Å². The minimum atomic E-state index is -0.556. The molecule has 0 fully saturated rings. The van der Waals surface area contributed by atoms with Crippen LogP contribution >= 0.6 is 0 Å². The highest BCUT2D eigenvalue weighted by atomic mass is 16.5. The lowest BCUT2D eigenvalue weighted by atomic mass is 9.81. The maximum Gasteiger partial charge on any atom is 0.265 e. The zero-order chi connectivity index (χ0) is 20.5. The Labute approximate surface area is 172 Å². The van der Waals surface area contributed by atoms with Crippen LogP contribution in [0.25, 0.3) is 0 Å². The van der Waals surface area contributed by atoms with E-state index in [0.29, 0.717) is 18.4 Å². The highest BCUT2D eigenvalue weighted by Crippen LogP contribution is 2.31. The molecule has 0 saturated heterocycles. The molecule has 148 valence electrons. The van der Waals surface area contributed by atoms with Crippen LogP contribution in [0.1, 0.15) is 27.9 Å². The van der Waals surface area contributed by atoms with Crippen molar-refractivity contribution in [3.63, 3.8) is 0 Å². The molecule has 0 spiro atoms. The summed E-state index contributed by atoms with van der Waals surface area (Å²) in [6.07, 6.45) is 3.18. The number of ether oxygens (including phenoxy) is 1. The first-order chi connectivity index (χ1) is 14.2. The van der Waals surface area contributed by atoms with E-state index < -0.39 is 5.54 Å². The van der Waals surface area contributed by atoms with Crippen molar-refractivity contribution in [2.24, 2.45) is 0 Å². The van der Waals surface area contributed by atoms with Gasteiger partial charge in [0.2, 0.25) is 0 Å². The molecule has 0 aliphatic carbocycles. The van der Waals surface area contributed by atoms with Crippen LogP contribution in [0.2, 0.25) is 0 Å². The topological polar surface area (TPSA) is 50.4 Å². The van der Waals surface area contributed by atoms with E-state index in [1.807, 2.05) is 66.7 Å². The lowest BCUT2D eigenvalue weighted by Crippen LogP contribution is -2.53. The Bertz CT molecular complexity index is 924. The second-order valence-corrected chi connectivity index (χ2v) is 6.91. The zero-order valence-corrected chi connectivity index (χ0v) is 16.6. The Morgan fingerprint density at radius 1 is 0.966 bits per heavy atom. The predicted molar refractivity (Wildman–Crippen MR) is 117 cm³/mol. The van der Waals surface area contributed by atoms with E-state index in [0.717, 1.165) is 16.9 Å². The van der Waals surface area contributed by atoms with E-state index in [2.05, 4.69) is 29.6 Å². The minimum Gasteiger partial charge on any atom is -0.497 e. The number of benzene rings is 3. The fourth-order valence-electron chi connectivity index (χ4n) is 3.40. The second-order valence-electron chi connectivity index (χ2n) is 6.91. The third-order valence-electron chi connectivity index (χ3n) is 4.94. The Balaban J connectivity index is 1.93. The Morgan fingerprint density at radius 2 is 1.59 bits per heavy atom. The SMILES string of the molecule is C=CC[C@@](Cc1ccccc1)(NNC(=O)c1ccccc1)c1ccc(OC)cc1. The average Bonchev–Trinajstić information content (AvgIpc) is 2.79. The minimum absolute atomic E-state index is 0.180. The van der Waals surface area contributed by atoms with Gasteiger partial charge in [-0.1, -0.05) is 66.7 Å². The molecule has 29 heavy (non-hydrogen) atoms. The van der Waals surface area contributed by atoms with Gasteiger partial charge in [0.1, 0.15) is 5.75 Å². The lowest BCUT2D eigenvalue weighted by molar-refractivity contribution is 0.0901. The van der Waals surface area contributed by atoms with E-state index in [4.69, 9.17) is 4.74 Å². The molecule has 3 aromatic carbocycles. The van der Waals surface area contributed by atoms with Crippen LogP contribution in [0.4, 0.5) is 0 Å². The molecule has 0 radical (unpaired) electrons. The van der Waals surface area contributed by atoms with Gasteiger partial charge in [0.25, 0.3) is 5.91 Å². The van der Waals surface area contributed by atoms with Crippen molar-refractivity contribution >= 4 is 5.91 Å². The fourth-order valence-corrected chi connectivity index (χ4v) is 3.40. The molecule has 3 aromatic rings. The molecule has 1 amide bonds. The highest BCUT2D eigenvalue weighted by Gasteiger charge is 2.32. The summed E-state index contributed by atoms with van der Waals surface area (Å²) in [5.74, 6) is 0.606. The molecule has 0 bridgehead atoms. The standard InChI is InChI=1S/C25H26N2O2/c1-3-18-25(19-20-10-6-4-7-11-20,22-14-16-23(29-2)17-15-22)27-26-24(28)21-12-8-5-9-13-21/h3-17,27H,1,18-19H2,2H3,(H,26,28)/t25-/m0/s1. The molecule has 1 atom stereocenters. The number of hydrazine groups is 1. The quantitative estimate of drug-likeness (QED) is 0.416. The molecule has 0 saturated carbocycles. The van der Waals surface area contributed by atoms with Gasteiger partial charge in [0.05, 0.1) is 12.6 Å². The van der Waals surface area contributed by atoms with Crippen molar-refractivity contribution in [1.82, 2.24) is 10.9 Å². The van der Waals surface area contributed by atoms with Crippen LogP contribution in [0.15, 0.2) is 97.6 Å². The van der Waals surface area contributed by atoms with Gasteiger partial charge >= 0.3 is 0 Å². The van der Waals surface area contributed by atoms with Gasteiger partial charge in [-0.15, -0.1) is 6.58 Å². The average molecular weight is 386 g/mol. The first kappa shape index (κ1) is 20.4. The zero-order valence-electron chi connectivity index (χ0n) is 16.6. The van der Waals surface area contributed by atoms with Crippen LogP contribution in [0.5, 0.6) is 5.75 Å². The number of hydrogen-bond acceptors (Lipinski definition) is 3.